The Morgan fingerprint density at radius 1 is 1.27 bits per heavy atom. The predicted molar refractivity (Wildman–Crippen MR) is 35.6 cm³/mol. The van der Waals surface area contributed by atoms with E-state index in [0.717, 1.165) is 6.20 Å². The Balaban J connectivity index is 3.56. The van der Waals surface area contributed by atoms with E-state index in [1.165, 1.54) is 0 Å². The average Bonchev–Trinajstić information content (AvgIpc) is 1.85. The van der Waals surface area contributed by atoms with Gasteiger partial charge in [-0.2, -0.15) is 0 Å². The smallest absolute Gasteiger partial charge is 0.313 e. The minimum atomic E-state index is -2.94. The molecule has 11 heavy (non-hydrogen) atoms. The van der Waals surface area contributed by atoms with E-state index in [9.17, 15) is 18.7 Å². The predicted octanol–water partition coefficient (Wildman–Crippen LogP) is -1.14. The van der Waals surface area contributed by atoms with Gasteiger partial charge in [-0.05, 0) is 0 Å². The lowest BCUT2D eigenvalue weighted by atomic mass is 10.7. The highest BCUT2D eigenvalue weighted by atomic mass is 31.1. The monoisotopic (exact) mass is 174 g/mol. The molecule has 0 spiro atoms. The minimum absolute atomic E-state index is 0.445. The third kappa shape index (κ3) is 1.53. The molecular weight excluding hydrogens is 171 g/mol. The van der Waals surface area contributed by atoms with Crippen LogP contribution in [0.3, 0.4) is 0 Å². The topological polar surface area (TPSA) is 99.9 Å². The van der Waals surface area contributed by atoms with E-state index in [4.69, 9.17) is 0 Å². The van der Waals surface area contributed by atoms with Gasteiger partial charge in [0, 0.05) is 6.20 Å². The van der Waals surface area contributed by atoms with Crippen LogP contribution in [-0.2, 0) is 9.13 Å². The molecule has 0 atom stereocenters. The number of H-pyrrole nitrogens is 2. The maximum atomic E-state index is 10.6. The third-order valence-electron chi connectivity index (χ3n) is 0.996. The number of nitrogens with one attached hydrogen (secondary N) is 2. The largest absolute Gasteiger partial charge is 0.355 e. The van der Waals surface area contributed by atoms with Crippen molar-refractivity contribution in [3.8, 4) is 0 Å². The van der Waals surface area contributed by atoms with E-state index in [1.807, 2.05) is 4.98 Å². The molecule has 1 heterocycles. The number of aromatic amines is 2. The van der Waals surface area contributed by atoms with Crippen molar-refractivity contribution in [1.82, 2.24) is 9.97 Å². The van der Waals surface area contributed by atoms with Gasteiger partial charge in [-0.25, -0.2) is 13.9 Å². The fraction of sp³-hybridized carbons (Fsp3) is 0. The van der Waals surface area contributed by atoms with Crippen molar-refractivity contribution in [2.45, 2.75) is 0 Å². The Kier molecular flexibility index (Phi) is 1.87. The normalized spacial score (nSPS) is 9.45. The van der Waals surface area contributed by atoms with Crippen molar-refractivity contribution in [3.05, 3.63) is 27.0 Å². The van der Waals surface area contributed by atoms with Crippen molar-refractivity contribution >= 4 is 13.0 Å². The lowest BCUT2D eigenvalue weighted by molar-refractivity contribution is 0.522. The molecule has 0 aliphatic heterocycles. The summed E-state index contributed by atoms with van der Waals surface area (Å²) in [4.78, 5) is 24.8. The maximum Gasteiger partial charge on any atom is 0.355 e. The second-order valence-electron chi connectivity index (χ2n) is 1.71. The summed E-state index contributed by atoms with van der Waals surface area (Å²) in [5.74, 6) is 0. The summed E-state index contributed by atoms with van der Waals surface area (Å²) in [6.45, 7) is 0. The van der Waals surface area contributed by atoms with Crippen LogP contribution in [-0.4, -0.2) is 9.97 Å². The second-order valence-corrected chi connectivity index (χ2v) is 2.71. The standard InChI is InChI=1S/C4H3N2O4P/c7-3-2(11(9)10)1-5-4(8)6-3/h1H,(H2,5,6,7,8). The van der Waals surface area contributed by atoms with Gasteiger partial charge in [-0.3, -0.25) is 9.78 Å². The number of rotatable bonds is 1. The Labute approximate surface area is 60.1 Å². The Bertz CT molecular complexity index is 432. The molecule has 0 saturated carbocycles. The maximum absolute atomic E-state index is 10.6. The summed E-state index contributed by atoms with van der Waals surface area (Å²) >= 11 is 0. The molecular formula is C4H3N2O4P. The molecule has 58 valence electrons. The molecule has 1 rings (SSSR count). The van der Waals surface area contributed by atoms with Gasteiger partial charge in [0.1, 0.15) is 0 Å². The van der Waals surface area contributed by atoms with Crippen LogP contribution in [0.15, 0.2) is 15.8 Å². The van der Waals surface area contributed by atoms with E-state index in [0.29, 0.717) is 0 Å². The molecule has 0 amide bonds. The highest BCUT2D eigenvalue weighted by Crippen LogP contribution is 1.94. The second kappa shape index (κ2) is 2.67. The number of aromatic nitrogens is 2. The lowest BCUT2D eigenvalue weighted by Crippen LogP contribution is -2.31. The van der Waals surface area contributed by atoms with Crippen LogP contribution < -0.4 is 16.6 Å². The summed E-state index contributed by atoms with van der Waals surface area (Å²) in [6.07, 6.45) is 0.854. The van der Waals surface area contributed by atoms with Crippen LogP contribution in [0.25, 0.3) is 0 Å². The van der Waals surface area contributed by atoms with Crippen molar-refractivity contribution in [2.24, 2.45) is 0 Å². The first-order valence-corrected chi connectivity index (χ1v) is 3.75. The zero-order valence-electron chi connectivity index (χ0n) is 5.16. The molecule has 0 unspecified atom stereocenters. The summed E-state index contributed by atoms with van der Waals surface area (Å²) < 4.78 is 20.5. The molecule has 1 aromatic rings. The summed E-state index contributed by atoms with van der Waals surface area (Å²) in [5.41, 5.74) is -1.62. The Hall–Kier alpha value is -1.42. The highest BCUT2D eigenvalue weighted by molar-refractivity contribution is 7.40. The van der Waals surface area contributed by atoms with Crippen LogP contribution in [0.1, 0.15) is 0 Å². The van der Waals surface area contributed by atoms with Crippen molar-refractivity contribution < 1.29 is 9.13 Å². The van der Waals surface area contributed by atoms with Crippen LogP contribution >= 0.6 is 7.68 Å². The molecule has 0 aliphatic rings. The fourth-order valence-electron chi connectivity index (χ4n) is 0.538. The molecule has 0 aliphatic carbocycles. The first-order valence-electron chi connectivity index (χ1n) is 2.57. The van der Waals surface area contributed by atoms with Gasteiger partial charge >= 0.3 is 13.4 Å². The SMILES string of the molecule is O=c1[nH]cc(P(=O)=O)c(=O)[nH]1. The average molecular weight is 174 g/mol. The van der Waals surface area contributed by atoms with E-state index >= 15 is 0 Å². The third-order valence-corrected chi connectivity index (χ3v) is 1.72. The van der Waals surface area contributed by atoms with Gasteiger partial charge in [0.15, 0.2) is 5.30 Å². The number of hydrogen-bond acceptors (Lipinski definition) is 4. The molecule has 0 saturated heterocycles. The lowest BCUT2D eigenvalue weighted by Gasteiger charge is -1.83. The van der Waals surface area contributed by atoms with E-state index in [-0.39, 0.29) is 0 Å². The van der Waals surface area contributed by atoms with Gasteiger partial charge in [0.25, 0.3) is 5.56 Å². The van der Waals surface area contributed by atoms with E-state index in [1.54, 1.807) is 4.98 Å². The fourth-order valence-corrected chi connectivity index (χ4v) is 0.930. The summed E-state index contributed by atoms with van der Waals surface area (Å²) in [7, 11) is -2.94. The quantitative estimate of drug-likeness (QED) is 0.525. The van der Waals surface area contributed by atoms with Crippen molar-refractivity contribution in [2.75, 3.05) is 0 Å². The minimum Gasteiger partial charge on any atom is -0.313 e. The molecule has 0 fully saturated rings. The Morgan fingerprint density at radius 2 is 1.91 bits per heavy atom. The van der Waals surface area contributed by atoms with Gasteiger partial charge in [0.05, 0.1) is 0 Å². The molecule has 7 heteroatoms. The summed E-state index contributed by atoms with van der Waals surface area (Å²) in [6, 6.07) is 0. The first kappa shape index (κ1) is 7.68. The van der Waals surface area contributed by atoms with Crippen LogP contribution in [0, 0.1) is 0 Å². The van der Waals surface area contributed by atoms with Crippen LogP contribution in [0.2, 0.25) is 0 Å². The van der Waals surface area contributed by atoms with Crippen LogP contribution in [0.5, 0.6) is 0 Å². The van der Waals surface area contributed by atoms with Gasteiger partial charge in [-0.1, -0.05) is 0 Å². The van der Waals surface area contributed by atoms with Crippen molar-refractivity contribution in [3.63, 3.8) is 0 Å². The summed E-state index contributed by atoms with van der Waals surface area (Å²) in [5, 5.41) is -0.445. The Morgan fingerprint density at radius 3 is 2.36 bits per heavy atom. The first-order chi connectivity index (χ1) is 5.11. The molecule has 0 aromatic carbocycles. The molecule has 6 nitrogen and oxygen atoms in total. The van der Waals surface area contributed by atoms with Gasteiger partial charge in [-0.15, -0.1) is 0 Å². The van der Waals surface area contributed by atoms with Crippen molar-refractivity contribution in [1.29, 1.82) is 0 Å². The van der Waals surface area contributed by atoms with E-state index < -0.39 is 24.2 Å². The molecule has 0 radical (unpaired) electrons. The molecule has 0 bridgehead atoms. The molecule has 1 aromatic heterocycles. The zero-order valence-corrected chi connectivity index (χ0v) is 6.05. The van der Waals surface area contributed by atoms with Gasteiger partial charge < -0.3 is 4.98 Å². The van der Waals surface area contributed by atoms with Gasteiger partial charge in [0.2, 0.25) is 0 Å². The molecule has 2 N–H and O–H groups in total. The highest BCUT2D eigenvalue weighted by Gasteiger charge is 2.03. The number of hydrogen-bond donors (Lipinski definition) is 2. The van der Waals surface area contributed by atoms with E-state index in [2.05, 4.69) is 0 Å². The zero-order chi connectivity index (χ0) is 8.43. The van der Waals surface area contributed by atoms with Crippen LogP contribution in [0.4, 0.5) is 0 Å².